The summed E-state index contributed by atoms with van der Waals surface area (Å²) in [6, 6.07) is 0. The summed E-state index contributed by atoms with van der Waals surface area (Å²) in [6.45, 7) is 8.97. The fourth-order valence-electron chi connectivity index (χ4n) is 6.39. The molecule has 242 valence electrons. The lowest BCUT2D eigenvalue weighted by atomic mass is 9.79. The molecule has 3 aliphatic heterocycles. The maximum atomic E-state index is 13.2. The van der Waals surface area contributed by atoms with Gasteiger partial charge in [-0.15, -0.1) is 11.6 Å². The summed E-state index contributed by atoms with van der Waals surface area (Å²) >= 11 is 6.03. The first-order valence-electron chi connectivity index (χ1n) is 15.0. The Labute approximate surface area is 259 Å². The minimum absolute atomic E-state index is 0.0681. The number of ether oxygens (including phenoxy) is 6. The summed E-state index contributed by atoms with van der Waals surface area (Å²) in [7, 11) is 3.02. The monoisotopic (exact) mass is 626 g/mol. The van der Waals surface area contributed by atoms with Gasteiger partial charge < -0.3 is 43.7 Å². The predicted molar refractivity (Wildman–Crippen MR) is 158 cm³/mol. The maximum Gasteiger partial charge on any atom is 0.311 e. The van der Waals surface area contributed by atoms with Crippen LogP contribution >= 0.6 is 11.6 Å². The molecule has 0 spiro atoms. The molecule has 4 aliphatic rings. The van der Waals surface area contributed by atoms with Gasteiger partial charge in [-0.1, -0.05) is 37.3 Å². The van der Waals surface area contributed by atoms with Crippen LogP contribution in [0.2, 0.25) is 0 Å². The van der Waals surface area contributed by atoms with E-state index in [1.54, 1.807) is 26.2 Å². The highest BCUT2D eigenvalue weighted by atomic mass is 35.5. The number of alkyl halides is 1. The Morgan fingerprint density at radius 2 is 1.86 bits per heavy atom. The minimum Gasteiger partial charge on any atom is -0.458 e. The molecule has 3 N–H and O–H groups in total. The van der Waals surface area contributed by atoms with Crippen molar-refractivity contribution in [2.24, 2.45) is 17.8 Å². The fourth-order valence-corrected chi connectivity index (χ4v) is 6.65. The number of hydrogen-bond donors (Lipinski definition) is 3. The number of methoxy groups -OCH3 is 2. The lowest BCUT2D eigenvalue weighted by molar-refractivity contribution is -0.362. The highest BCUT2D eigenvalue weighted by Gasteiger charge is 2.55. The average molecular weight is 627 g/mol. The molecule has 3 fully saturated rings. The standard InChI is InChI=1S/C32H47ClO10/c1-17-12-22(11-9-8-10-21-14-23(21)33)41-26(34)16-32(37)15-25(19(3)27(43-32)18(2)24(13-17)38-6)42-30-29(39-7)31(5,36)28(35)20(4)40-30/h9,11,13,18-25,27-30,35-37H,12,14-16H2,1-7H3/b11-9+,17-13+/t18-,19-,20+,21-,22+,23-,24+,25+,27+,28+,29+,30+,31-,32+/m1/s1. The second-order valence-electron chi connectivity index (χ2n) is 12.8. The van der Waals surface area contributed by atoms with E-state index in [0.717, 1.165) is 12.0 Å². The molecule has 0 aromatic carbocycles. The van der Waals surface area contributed by atoms with Crippen molar-refractivity contribution < 1.29 is 48.5 Å². The first kappa shape index (κ1) is 34.4. The average Bonchev–Trinajstić information content (AvgIpc) is 3.63. The lowest BCUT2D eigenvalue weighted by Crippen LogP contribution is -2.66. The molecule has 4 rings (SSSR count). The number of carbonyl (C=O) groups excluding carboxylic acids is 1. The minimum atomic E-state index is -1.91. The first-order chi connectivity index (χ1) is 20.2. The van der Waals surface area contributed by atoms with Crippen LogP contribution in [0.5, 0.6) is 0 Å². The van der Waals surface area contributed by atoms with E-state index in [9.17, 15) is 20.1 Å². The molecule has 1 saturated carbocycles. The molecule has 0 aromatic rings. The van der Waals surface area contributed by atoms with Crippen molar-refractivity contribution in [3.63, 3.8) is 0 Å². The summed E-state index contributed by atoms with van der Waals surface area (Å²) in [5.41, 5.74) is -0.701. The van der Waals surface area contributed by atoms with Crippen LogP contribution in [0.25, 0.3) is 0 Å². The van der Waals surface area contributed by atoms with E-state index in [1.807, 2.05) is 26.8 Å². The van der Waals surface area contributed by atoms with Crippen molar-refractivity contribution in [3.8, 4) is 11.8 Å². The van der Waals surface area contributed by atoms with E-state index in [2.05, 4.69) is 11.8 Å². The van der Waals surface area contributed by atoms with Gasteiger partial charge in [0, 0.05) is 50.2 Å². The van der Waals surface area contributed by atoms with E-state index in [-0.39, 0.29) is 35.7 Å². The van der Waals surface area contributed by atoms with Gasteiger partial charge in [-0.25, -0.2) is 0 Å². The van der Waals surface area contributed by atoms with Crippen LogP contribution in [0.1, 0.15) is 60.3 Å². The normalized spacial score (nSPS) is 48.6. The van der Waals surface area contributed by atoms with Gasteiger partial charge >= 0.3 is 5.97 Å². The predicted octanol–water partition coefficient (Wildman–Crippen LogP) is 2.85. The number of allylic oxidation sites excluding steroid dienone is 1. The zero-order valence-electron chi connectivity index (χ0n) is 26.1. The third-order valence-electron chi connectivity index (χ3n) is 9.12. The van der Waals surface area contributed by atoms with Crippen molar-refractivity contribution >= 4 is 17.6 Å². The number of fused-ring (bicyclic) bond motifs is 2. The van der Waals surface area contributed by atoms with Crippen LogP contribution in [0.3, 0.4) is 0 Å². The number of esters is 1. The molecule has 0 unspecified atom stereocenters. The van der Waals surface area contributed by atoms with E-state index in [1.165, 1.54) is 14.0 Å². The third kappa shape index (κ3) is 8.01. The summed E-state index contributed by atoms with van der Waals surface area (Å²) in [5.74, 6) is 3.18. The Hall–Kier alpha value is -1.52. The Balaban J connectivity index is 1.61. The van der Waals surface area contributed by atoms with Gasteiger partial charge in [0.15, 0.2) is 12.1 Å². The van der Waals surface area contributed by atoms with Crippen molar-refractivity contribution in [3.05, 3.63) is 23.8 Å². The van der Waals surface area contributed by atoms with E-state index < -0.39 is 66.7 Å². The van der Waals surface area contributed by atoms with Crippen molar-refractivity contribution in [2.75, 3.05) is 14.2 Å². The van der Waals surface area contributed by atoms with Crippen molar-refractivity contribution in [1.82, 2.24) is 0 Å². The van der Waals surface area contributed by atoms with E-state index in [4.69, 9.17) is 40.0 Å². The van der Waals surface area contributed by atoms with Crippen LogP contribution in [0.4, 0.5) is 0 Å². The molecule has 2 saturated heterocycles. The number of halogens is 1. The molecule has 14 atom stereocenters. The number of cyclic esters (lactones) is 1. The second-order valence-corrected chi connectivity index (χ2v) is 13.4. The van der Waals surface area contributed by atoms with Crippen LogP contribution in [0, 0.1) is 29.6 Å². The Morgan fingerprint density at radius 3 is 2.49 bits per heavy atom. The Kier molecular flexibility index (Phi) is 11.1. The molecule has 11 heteroatoms. The summed E-state index contributed by atoms with van der Waals surface area (Å²) in [5, 5.41) is 33.4. The van der Waals surface area contributed by atoms with E-state index in [0.29, 0.717) is 6.42 Å². The number of carbonyl (C=O) groups is 1. The number of aliphatic hydroxyl groups excluding tert-OH is 1. The van der Waals surface area contributed by atoms with Crippen LogP contribution in [-0.4, -0.2) is 101 Å². The second kappa shape index (κ2) is 13.9. The van der Waals surface area contributed by atoms with Gasteiger partial charge in [-0.3, -0.25) is 4.79 Å². The van der Waals surface area contributed by atoms with Gasteiger partial charge in [0.25, 0.3) is 0 Å². The highest BCUT2D eigenvalue weighted by molar-refractivity contribution is 6.22. The number of hydrogen-bond acceptors (Lipinski definition) is 10. The largest absolute Gasteiger partial charge is 0.458 e. The number of aliphatic hydroxyl groups is 3. The van der Waals surface area contributed by atoms with Gasteiger partial charge in [0.2, 0.25) is 0 Å². The smallest absolute Gasteiger partial charge is 0.311 e. The molecule has 0 amide bonds. The molecule has 1 aliphatic carbocycles. The molecular weight excluding hydrogens is 580 g/mol. The molecule has 0 aromatic heterocycles. The summed E-state index contributed by atoms with van der Waals surface area (Å²) in [6.07, 6.45) is -0.0668. The maximum absolute atomic E-state index is 13.2. The quantitative estimate of drug-likeness (QED) is 0.181. The Morgan fingerprint density at radius 1 is 1.16 bits per heavy atom. The van der Waals surface area contributed by atoms with E-state index >= 15 is 0 Å². The summed E-state index contributed by atoms with van der Waals surface area (Å²) in [4.78, 5) is 13.2. The highest BCUT2D eigenvalue weighted by Crippen LogP contribution is 2.42. The topological polar surface area (TPSA) is 133 Å². The molecule has 10 nitrogen and oxygen atoms in total. The lowest BCUT2D eigenvalue weighted by Gasteiger charge is -2.51. The molecule has 2 bridgehead atoms. The number of rotatable bonds is 5. The van der Waals surface area contributed by atoms with Crippen LogP contribution in [0.15, 0.2) is 23.8 Å². The first-order valence-corrected chi connectivity index (χ1v) is 15.5. The fraction of sp³-hybridized carbons (Fsp3) is 0.781. The zero-order chi connectivity index (χ0) is 31.7. The third-order valence-corrected chi connectivity index (χ3v) is 9.60. The SMILES string of the molecule is CO[C@H]1/C=C(\C)C[C@H](/C=C/C#C[C@@H]2C[C@H]2Cl)OC(=O)C[C@]2(O)C[C@H](O[C@@H]3O[C@@H](C)[C@H](O)[C@@](C)(O)[C@H]3OC)[C@@H](C)[C@@H](O2)[C@@H]1C. The van der Waals surface area contributed by atoms with Gasteiger partial charge in [0.1, 0.15) is 23.9 Å². The molecule has 3 heterocycles. The van der Waals surface area contributed by atoms with Crippen LogP contribution < -0.4 is 0 Å². The summed E-state index contributed by atoms with van der Waals surface area (Å²) < 4.78 is 35.8. The van der Waals surface area contributed by atoms with Gasteiger partial charge in [-0.05, 0) is 39.3 Å². The molecular formula is C32H47ClO10. The Bertz CT molecular complexity index is 1110. The molecule has 43 heavy (non-hydrogen) atoms. The zero-order valence-corrected chi connectivity index (χ0v) is 26.8. The van der Waals surface area contributed by atoms with Crippen molar-refractivity contribution in [2.45, 2.75) is 126 Å². The van der Waals surface area contributed by atoms with Gasteiger partial charge in [-0.2, -0.15) is 0 Å². The molecule has 0 radical (unpaired) electrons. The van der Waals surface area contributed by atoms with Gasteiger partial charge in [0.05, 0.1) is 30.8 Å². The van der Waals surface area contributed by atoms with Crippen molar-refractivity contribution in [1.29, 1.82) is 0 Å². The van der Waals surface area contributed by atoms with Crippen LogP contribution in [-0.2, 0) is 33.2 Å².